The van der Waals surface area contributed by atoms with Gasteiger partial charge in [0.15, 0.2) is 0 Å². The molecule has 5 aromatic rings. The molecule has 1 saturated heterocycles. The molecular weight excluding hydrogens is 523 g/mol. The van der Waals surface area contributed by atoms with Gasteiger partial charge in [-0.1, -0.05) is 54.1 Å². The summed E-state index contributed by atoms with van der Waals surface area (Å²) >= 11 is 6.46. The Morgan fingerprint density at radius 3 is 2.65 bits per heavy atom. The molecule has 0 spiro atoms. The molecule has 3 heterocycles. The van der Waals surface area contributed by atoms with Crippen LogP contribution in [0.1, 0.15) is 23.2 Å². The average molecular weight is 555 g/mol. The molecule has 0 amide bonds. The highest BCUT2D eigenvalue weighted by Crippen LogP contribution is 2.28. The molecule has 204 valence electrons. The van der Waals surface area contributed by atoms with Crippen molar-refractivity contribution < 1.29 is 9.13 Å². The van der Waals surface area contributed by atoms with E-state index < -0.39 is 0 Å². The van der Waals surface area contributed by atoms with Gasteiger partial charge < -0.3 is 14.6 Å². The lowest BCUT2D eigenvalue weighted by Gasteiger charge is -2.26. The predicted molar refractivity (Wildman–Crippen MR) is 163 cm³/mol. The van der Waals surface area contributed by atoms with Crippen LogP contribution >= 0.6 is 11.6 Å². The molecule has 1 aliphatic rings. The van der Waals surface area contributed by atoms with E-state index in [2.05, 4.69) is 57.4 Å². The van der Waals surface area contributed by atoms with Crippen molar-refractivity contribution in [3.8, 4) is 0 Å². The lowest BCUT2D eigenvalue weighted by molar-refractivity contribution is 0.0378. The fraction of sp³-hybridized carbons (Fsp3) is 0.242. The van der Waals surface area contributed by atoms with E-state index >= 15 is 0 Å². The second-order valence-electron chi connectivity index (χ2n) is 10.1. The van der Waals surface area contributed by atoms with E-state index in [4.69, 9.17) is 21.3 Å². The Labute approximate surface area is 238 Å². The lowest BCUT2D eigenvalue weighted by Crippen LogP contribution is -2.37. The number of hydrogen-bond donors (Lipinski definition) is 1. The minimum Gasteiger partial charge on any atom is -0.384 e. The molecule has 1 aliphatic heterocycles. The van der Waals surface area contributed by atoms with Gasteiger partial charge in [0.05, 0.1) is 24.4 Å². The number of anilines is 1. The van der Waals surface area contributed by atoms with Crippen molar-refractivity contribution in [1.82, 2.24) is 14.5 Å². The fourth-order valence-corrected chi connectivity index (χ4v) is 5.52. The van der Waals surface area contributed by atoms with E-state index in [9.17, 15) is 4.39 Å². The number of aromatic nitrogens is 2. The monoisotopic (exact) mass is 554 g/mol. The van der Waals surface area contributed by atoms with Gasteiger partial charge in [-0.25, -0.2) is 9.37 Å². The van der Waals surface area contributed by atoms with Crippen molar-refractivity contribution in [2.24, 2.45) is 0 Å². The highest BCUT2D eigenvalue weighted by molar-refractivity contribution is 6.31. The third-order valence-electron chi connectivity index (χ3n) is 7.41. The number of para-hydroxylation sites is 1. The number of nitrogens with zero attached hydrogens (tertiary/aromatic N) is 3. The first-order valence-corrected chi connectivity index (χ1v) is 14.2. The number of nitrogens with one attached hydrogen (secondary N) is 1. The molecule has 0 saturated carbocycles. The first-order chi connectivity index (χ1) is 19.6. The molecule has 5 nitrogen and oxygen atoms in total. The van der Waals surface area contributed by atoms with Gasteiger partial charge in [0.25, 0.3) is 0 Å². The SMILES string of the molecule is Fc1ccc2nc(/C=C/c3cn(Cc4ccccc4Cl)c4ccccc34)cc(NCCCN3CCOCC3)c2c1. The van der Waals surface area contributed by atoms with Crippen molar-refractivity contribution in [3.05, 3.63) is 107 Å². The number of fused-ring (bicyclic) bond motifs is 2. The van der Waals surface area contributed by atoms with E-state index in [0.29, 0.717) is 6.54 Å². The summed E-state index contributed by atoms with van der Waals surface area (Å²) in [5.41, 5.74) is 5.80. The van der Waals surface area contributed by atoms with Gasteiger partial charge in [-0.2, -0.15) is 0 Å². The van der Waals surface area contributed by atoms with Crippen LogP contribution in [0.25, 0.3) is 34.0 Å². The van der Waals surface area contributed by atoms with Gasteiger partial charge in [-0.15, -0.1) is 0 Å². The summed E-state index contributed by atoms with van der Waals surface area (Å²) in [7, 11) is 0. The Bertz CT molecular complexity index is 1660. The van der Waals surface area contributed by atoms with Gasteiger partial charge in [0, 0.05) is 64.9 Å². The zero-order chi connectivity index (χ0) is 27.3. The lowest BCUT2D eigenvalue weighted by atomic mass is 10.1. The Hall–Kier alpha value is -3.71. The maximum atomic E-state index is 14.2. The van der Waals surface area contributed by atoms with Crippen LogP contribution in [0.4, 0.5) is 10.1 Å². The number of benzene rings is 3. The van der Waals surface area contributed by atoms with Crippen LogP contribution in [0.5, 0.6) is 0 Å². The summed E-state index contributed by atoms with van der Waals surface area (Å²) in [6.45, 7) is 6.06. The van der Waals surface area contributed by atoms with Gasteiger partial charge in [0.2, 0.25) is 0 Å². The van der Waals surface area contributed by atoms with Crippen LogP contribution in [0, 0.1) is 5.82 Å². The third-order valence-corrected chi connectivity index (χ3v) is 7.78. The maximum absolute atomic E-state index is 14.2. The van der Waals surface area contributed by atoms with Gasteiger partial charge in [0.1, 0.15) is 5.82 Å². The van der Waals surface area contributed by atoms with Crippen LogP contribution < -0.4 is 5.32 Å². The summed E-state index contributed by atoms with van der Waals surface area (Å²) in [6, 6.07) is 23.1. The number of pyridine rings is 1. The number of hydrogen-bond acceptors (Lipinski definition) is 4. The van der Waals surface area contributed by atoms with Crippen molar-refractivity contribution in [3.63, 3.8) is 0 Å². The average Bonchev–Trinajstić information content (AvgIpc) is 3.33. The Balaban J connectivity index is 1.25. The first kappa shape index (κ1) is 26.5. The molecule has 0 radical (unpaired) electrons. The van der Waals surface area contributed by atoms with Crippen molar-refractivity contribution >= 4 is 51.2 Å². The molecule has 0 aliphatic carbocycles. The normalized spacial score (nSPS) is 14.4. The molecular formula is C33H32ClFN4O. The standard InChI is InChI=1S/C33H32ClFN4O/c34-30-8-3-1-6-25(30)23-39-22-24(28-7-2-4-9-33(28)39)10-12-27-21-32(29-20-26(35)11-13-31(29)37-27)36-14-5-15-38-16-18-40-19-17-38/h1-4,6-13,20-22H,5,14-19,23H2,(H,36,37)/b12-10+. The summed E-state index contributed by atoms with van der Waals surface area (Å²) in [5, 5.41) is 6.26. The number of halogens is 2. The molecule has 6 rings (SSSR count). The number of rotatable bonds is 9. The molecule has 2 aromatic heterocycles. The molecule has 0 unspecified atom stereocenters. The minimum absolute atomic E-state index is 0.264. The molecule has 7 heteroatoms. The largest absolute Gasteiger partial charge is 0.384 e. The van der Waals surface area contributed by atoms with Crippen LogP contribution in [0.2, 0.25) is 5.02 Å². The third kappa shape index (κ3) is 6.04. The topological polar surface area (TPSA) is 42.3 Å². The fourth-order valence-electron chi connectivity index (χ4n) is 5.32. The quantitative estimate of drug-likeness (QED) is 0.194. The zero-order valence-electron chi connectivity index (χ0n) is 22.3. The van der Waals surface area contributed by atoms with E-state index in [0.717, 1.165) is 95.2 Å². The minimum atomic E-state index is -0.264. The van der Waals surface area contributed by atoms with Crippen molar-refractivity contribution in [2.75, 3.05) is 44.7 Å². The van der Waals surface area contributed by atoms with E-state index in [1.165, 1.54) is 6.07 Å². The summed E-state index contributed by atoms with van der Waals surface area (Å²) in [4.78, 5) is 7.24. The Morgan fingerprint density at radius 2 is 1.77 bits per heavy atom. The molecule has 1 fully saturated rings. The molecule has 0 bridgehead atoms. The van der Waals surface area contributed by atoms with E-state index in [1.807, 2.05) is 30.3 Å². The van der Waals surface area contributed by atoms with Gasteiger partial charge in [-0.3, -0.25) is 4.90 Å². The second kappa shape index (κ2) is 12.2. The molecule has 3 aromatic carbocycles. The smallest absolute Gasteiger partial charge is 0.124 e. The Kier molecular flexibility index (Phi) is 8.09. The van der Waals surface area contributed by atoms with Gasteiger partial charge in [-0.05, 0) is 61.0 Å². The number of morpholine rings is 1. The second-order valence-corrected chi connectivity index (χ2v) is 10.6. The maximum Gasteiger partial charge on any atom is 0.124 e. The van der Waals surface area contributed by atoms with Gasteiger partial charge >= 0.3 is 0 Å². The highest BCUT2D eigenvalue weighted by atomic mass is 35.5. The van der Waals surface area contributed by atoms with E-state index in [1.54, 1.807) is 12.1 Å². The summed E-state index contributed by atoms with van der Waals surface area (Å²) in [5.74, 6) is -0.264. The van der Waals surface area contributed by atoms with Crippen LogP contribution in [-0.4, -0.2) is 53.8 Å². The number of ether oxygens (including phenoxy) is 1. The first-order valence-electron chi connectivity index (χ1n) is 13.8. The molecule has 0 atom stereocenters. The van der Waals surface area contributed by atoms with Crippen LogP contribution in [0.15, 0.2) is 79.0 Å². The predicted octanol–water partition coefficient (Wildman–Crippen LogP) is 7.33. The zero-order valence-corrected chi connectivity index (χ0v) is 23.1. The van der Waals surface area contributed by atoms with Crippen molar-refractivity contribution in [2.45, 2.75) is 13.0 Å². The van der Waals surface area contributed by atoms with Crippen LogP contribution in [0.3, 0.4) is 0 Å². The van der Waals surface area contributed by atoms with E-state index in [-0.39, 0.29) is 5.82 Å². The highest BCUT2D eigenvalue weighted by Gasteiger charge is 2.11. The summed E-state index contributed by atoms with van der Waals surface area (Å²) in [6.07, 6.45) is 7.29. The molecule has 1 N–H and O–H groups in total. The molecule has 40 heavy (non-hydrogen) atoms. The van der Waals surface area contributed by atoms with Crippen molar-refractivity contribution in [1.29, 1.82) is 0 Å². The Morgan fingerprint density at radius 1 is 0.950 bits per heavy atom. The summed E-state index contributed by atoms with van der Waals surface area (Å²) < 4.78 is 21.8. The van der Waals surface area contributed by atoms with Crippen LogP contribution in [-0.2, 0) is 11.3 Å².